The summed E-state index contributed by atoms with van der Waals surface area (Å²) >= 11 is 0. The Bertz CT molecular complexity index is 899. The molecule has 2 N–H and O–H groups in total. The van der Waals surface area contributed by atoms with Crippen molar-refractivity contribution in [3.05, 3.63) is 36.4 Å². The first-order valence-electron chi connectivity index (χ1n) is 8.12. The van der Waals surface area contributed by atoms with Crippen molar-refractivity contribution in [2.24, 2.45) is 0 Å². The van der Waals surface area contributed by atoms with Gasteiger partial charge in [0.2, 0.25) is 5.91 Å². The molecule has 2 aromatic rings. The maximum atomic E-state index is 12.8. The van der Waals surface area contributed by atoms with Crippen LogP contribution in [0.3, 0.4) is 0 Å². The first kappa shape index (κ1) is 15.4. The fourth-order valence-electron chi connectivity index (χ4n) is 3.51. The smallest absolute Gasteiger partial charge is 0.265 e. The van der Waals surface area contributed by atoms with Crippen LogP contribution in [0.4, 0.5) is 5.69 Å². The summed E-state index contributed by atoms with van der Waals surface area (Å²) < 4.78 is 26.9. The lowest BCUT2D eigenvalue weighted by Gasteiger charge is -2.25. The van der Waals surface area contributed by atoms with E-state index in [4.69, 9.17) is 0 Å². The molecular formula is C17H19N3O3S. The highest BCUT2D eigenvalue weighted by Gasteiger charge is 2.36. The third-order valence-corrected chi connectivity index (χ3v) is 6.43. The average Bonchev–Trinajstić information content (AvgIpc) is 2.79. The predicted octanol–water partition coefficient (Wildman–Crippen LogP) is 1.22. The quantitative estimate of drug-likeness (QED) is 0.877. The molecule has 2 aliphatic heterocycles. The number of carbonyl (C=O) groups is 1. The second kappa shape index (κ2) is 5.75. The van der Waals surface area contributed by atoms with Crippen LogP contribution < -0.4 is 14.9 Å². The Morgan fingerprint density at radius 2 is 2.04 bits per heavy atom. The predicted molar refractivity (Wildman–Crippen MR) is 92.5 cm³/mol. The zero-order valence-electron chi connectivity index (χ0n) is 13.2. The van der Waals surface area contributed by atoms with Crippen LogP contribution in [0.15, 0.2) is 41.3 Å². The molecule has 0 spiro atoms. The summed E-state index contributed by atoms with van der Waals surface area (Å²) in [5, 5.41) is 7.74. The van der Waals surface area contributed by atoms with Gasteiger partial charge in [0.25, 0.3) is 10.0 Å². The highest BCUT2D eigenvalue weighted by atomic mass is 32.2. The normalized spacial score (nSPS) is 21.8. The standard InChI is InChI=1S/C17H19N3O3S/c21-16(19-13-6-3-9-18-10-13)11-20-14-7-1-4-12-5-2-8-15(17(12)14)24(20,22)23/h1-2,4-5,7-8,13,18H,3,6,9-11H2,(H,19,21)/t13-/m0/s1. The molecule has 7 heteroatoms. The van der Waals surface area contributed by atoms with Crippen molar-refractivity contribution in [2.45, 2.75) is 23.8 Å². The summed E-state index contributed by atoms with van der Waals surface area (Å²) in [4.78, 5) is 12.7. The third kappa shape index (κ3) is 2.44. The van der Waals surface area contributed by atoms with E-state index >= 15 is 0 Å². The summed E-state index contributed by atoms with van der Waals surface area (Å²) in [6, 6.07) is 10.7. The first-order chi connectivity index (χ1) is 11.6. The number of amides is 1. The Morgan fingerprint density at radius 1 is 1.25 bits per heavy atom. The molecule has 2 aromatic carbocycles. The highest BCUT2D eigenvalue weighted by Crippen LogP contribution is 2.41. The first-order valence-corrected chi connectivity index (χ1v) is 9.56. The molecule has 0 radical (unpaired) electrons. The Balaban J connectivity index is 1.62. The van der Waals surface area contributed by atoms with Crippen LogP contribution in [0, 0.1) is 0 Å². The minimum atomic E-state index is -3.68. The molecule has 0 bridgehead atoms. The Morgan fingerprint density at radius 3 is 2.79 bits per heavy atom. The van der Waals surface area contributed by atoms with Gasteiger partial charge in [0.1, 0.15) is 6.54 Å². The van der Waals surface area contributed by atoms with Crippen LogP contribution in [-0.4, -0.2) is 40.0 Å². The van der Waals surface area contributed by atoms with Crippen LogP contribution in [-0.2, 0) is 14.8 Å². The van der Waals surface area contributed by atoms with Gasteiger partial charge in [-0.3, -0.25) is 9.10 Å². The van der Waals surface area contributed by atoms with Crippen LogP contribution in [0.1, 0.15) is 12.8 Å². The lowest BCUT2D eigenvalue weighted by Crippen LogP contribution is -2.49. The maximum absolute atomic E-state index is 12.8. The maximum Gasteiger partial charge on any atom is 0.265 e. The van der Waals surface area contributed by atoms with E-state index in [9.17, 15) is 13.2 Å². The van der Waals surface area contributed by atoms with Crippen molar-refractivity contribution in [2.75, 3.05) is 23.9 Å². The topological polar surface area (TPSA) is 78.5 Å². The van der Waals surface area contributed by atoms with Crippen LogP contribution in [0.5, 0.6) is 0 Å². The van der Waals surface area contributed by atoms with Crippen molar-refractivity contribution < 1.29 is 13.2 Å². The van der Waals surface area contributed by atoms with Gasteiger partial charge in [-0.2, -0.15) is 0 Å². The largest absolute Gasteiger partial charge is 0.351 e. The molecule has 6 nitrogen and oxygen atoms in total. The van der Waals surface area contributed by atoms with E-state index in [0.717, 1.165) is 31.3 Å². The molecule has 0 aliphatic carbocycles. The Hall–Kier alpha value is -2.12. The minimum absolute atomic E-state index is 0.0646. The molecule has 2 heterocycles. The van der Waals surface area contributed by atoms with E-state index in [0.29, 0.717) is 11.1 Å². The number of piperidine rings is 1. The van der Waals surface area contributed by atoms with Crippen molar-refractivity contribution in [1.82, 2.24) is 10.6 Å². The fraction of sp³-hybridized carbons (Fsp3) is 0.353. The number of carbonyl (C=O) groups excluding carboxylic acids is 1. The van der Waals surface area contributed by atoms with Gasteiger partial charge in [0.05, 0.1) is 10.6 Å². The molecule has 1 amide bonds. The van der Waals surface area contributed by atoms with Gasteiger partial charge in [-0.15, -0.1) is 0 Å². The van der Waals surface area contributed by atoms with Gasteiger partial charge in [-0.25, -0.2) is 8.42 Å². The number of rotatable bonds is 3. The second-order valence-electron chi connectivity index (χ2n) is 6.25. The van der Waals surface area contributed by atoms with E-state index < -0.39 is 10.0 Å². The molecule has 1 saturated heterocycles. The monoisotopic (exact) mass is 345 g/mol. The SMILES string of the molecule is O=C(CN1c2cccc3cccc(c23)S1(=O)=O)N[C@H]1CCCNC1. The molecule has 24 heavy (non-hydrogen) atoms. The van der Waals surface area contributed by atoms with Gasteiger partial charge in [0, 0.05) is 18.0 Å². The molecule has 0 aromatic heterocycles. The molecule has 2 aliphatic rings. The van der Waals surface area contributed by atoms with E-state index in [-0.39, 0.29) is 23.4 Å². The van der Waals surface area contributed by atoms with Crippen molar-refractivity contribution >= 4 is 32.4 Å². The molecule has 1 fully saturated rings. The molecule has 1 atom stereocenters. The molecule has 126 valence electrons. The fourth-order valence-corrected chi connectivity index (χ4v) is 5.17. The lowest BCUT2D eigenvalue weighted by molar-refractivity contribution is -0.120. The molecule has 0 saturated carbocycles. The molecular weight excluding hydrogens is 326 g/mol. The van der Waals surface area contributed by atoms with Crippen molar-refractivity contribution in [3.8, 4) is 0 Å². The third-order valence-electron chi connectivity index (χ3n) is 4.63. The lowest BCUT2D eigenvalue weighted by atomic mass is 10.1. The van der Waals surface area contributed by atoms with E-state index in [1.54, 1.807) is 18.2 Å². The van der Waals surface area contributed by atoms with Crippen LogP contribution in [0.25, 0.3) is 10.8 Å². The van der Waals surface area contributed by atoms with Gasteiger partial charge in [-0.05, 0) is 36.9 Å². The summed E-state index contributed by atoms with van der Waals surface area (Å²) in [7, 11) is -3.68. The Kier molecular flexibility index (Phi) is 3.69. The average molecular weight is 345 g/mol. The summed E-state index contributed by atoms with van der Waals surface area (Å²) in [5.74, 6) is -0.267. The molecule has 4 rings (SSSR count). The number of hydrogen-bond donors (Lipinski definition) is 2. The number of sulfonamides is 1. The summed E-state index contributed by atoms with van der Waals surface area (Å²) in [6.07, 6.45) is 1.93. The molecule has 0 unspecified atom stereocenters. The summed E-state index contributed by atoms with van der Waals surface area (Å²) in [6.45, 7) is 1.51. The number of nitrogens with one attached hydrogen (secondary N) is 2. The zero-order chi connectivity index (χ0) is 16.7. The van der Waals surface area contributed by atoms with Gasteiger partial charge in [-0.1, -0.05) is 24.3 Å². The summed E-state index contributed by atoms with van der Waals surface area (Å²) in [5.41, 5.74) is 0.583. The van der Waals surface area contributed by atoms with Gasteiger partial charge < -0.3 is 10.6 Å². The van der Waals surface area contributed by atoms with Gasteiger partial charge >= 0.3 is 0 Å². The van der Waals surface area contributed by atoms with E-state index in [1.807, 2.05) is 18.2 Å². The van der Waals surface area contributed by atoms with Crippen molar-refractivity contribution in [1.29, 1.82) is 0 Å². The van der Waals surface area contributed by atoms with Crippen LogP contribution in [0.2, 0.25) is 0 Å². The number of nitrogens with zero attached hydrogens (tertiary/aromatic N) is 1. The zero-order valence-corrected chi connectivity index (χ0v) is 14.0. The number of benzene rings is 2. The Labute approximate surface area is 140 Å². The van der Waals surface area contributed by atoms with Crippen LogP contribution >= 0.6 is 0 Å². The number of hydrogen-bond acceptors (Lipinski definition) is 4. The van der Waals surface area contributed by atoms with E-state index in [1.165, 1.54) is 4.31 Å². The van der Waals surface area contributed by atoms with E-state index in [2.05, 4.69) is 10.6 Å². The minimum Gasteiger partial charge on any atom is -0.351 e. The highest BCUT2D eigenvalue weighted by molar-refractivity contribution is 7.93. The number of anilines is 1. The van der Waals surface area contributed by atoms with Crippen molar-refractivity contribution in [3.63, 3.8) is 0 Å². The second-order valence-corrected chi connectivity index (χ2v) is 8.08. The van der Waals surface area contributed by atoms with Gasteiger partial charge in [0.15, 0.2) is 0 Å².